The van der Waals surface area contributed by atoms with Crippen LogP contribution in [0.25, 0.3) is 0 Å². The second kappa shape index (κ2) is 7.52. The molecule has 0 aromatic heterocycles. The maximum atomic E-state index is 8.74. The van der Waals surface area contributed by atoms with E-state index in [1.54, 1.807) is 0 Å². The van der Waals surface area contributed by atoms with Gasteiger partial charge >= 0.3 is 0 Å². The van der Waals surface area contributed by atoms with Gasteiger partial charge in [-0.3, -0.25) is 4.90 Å². The standard InChI is InChI=1S/C14H20BrN3/c1-11(2)18(9-3-8-16)14(10-17)12-4-6-13(15)7-5-12/h4-7,11,14H,3,9-10,17H2,1-2H3. The number of nitriles is 1. The summed E-state index contributed by atoms with van der Waals surface area (Å²) in [5.74, 6) is 0. The van der Waals surface area contributed by atoms with Gasteiger partial charge < -0.3 is 5.73 Å². The fraction of sp³-hybridized carbons (Fsp3) is 0.500. The van der Waals surface area contributed by atoms with Gasteiger partial charge in [0.05, 0.1) is 6.07 Å². The zero-order chi connectivity index (χ0) is 13.5. The first kappa shape index (κ1) is 15.2. The van der Waals surface area contributed by atoms with Crippen molar-refractivity contribution in [3.63, 3.8) is 0 Å². The molecule has 1 aromatic carbocycles. The molecule has 0 fully saturated rings. The average Bonchev–Trinajstić information content (AvgIpc) is 2.35. The molecule has 98 valence electrons. The Morgan fingerprint density at radius 2 is 1.94 bits per heavy atom. The van der Waals surface area contributed by atoms with E-state index in [1.165, 1.54) is 5.56 Å². The summed E-state index contributed by atoms with van der Waals surface area (Å²) in [5, 5.41) is 8.74. The van der Waals surface area contributed by atoms with Crippen molar-refractivity contribution in [1.29, 1.82) is 5.26 Å². The van der Waals surface area contributed by atoms with Crippen molar-refractivity contribution in [2.24, 2.45) is 5.73 Å². The predicted molar refractivity (Wildman–Crippen MR) is 78.0 cm³/mol. The van der Waals surface area contributed by atoms with Crippen molar-refractivity contribution >= 4 is 15.9 Å². The molecule has 1 rings (SSSR count). The Kier molecular flexibility index (Phi) is 6.34. The van der Waals surface area contributed by atoms with Gasteiger partial charge in [0.15, 0.2) is 0 Å². The molecule has 0 spiro atoms. The zero-order valence-electron chi connectivity index (χ0n) is 10.9. The number of nitrogens with zero attached hydrogens (tertiary/aromatic N) is 2. The monoisotopic (exact) mass is 309 g/mol. The third kappa shape index (κ3) is 4.09. The van der Waals surface area contributed by atoms with Crippen LogP contribution in [0.5, 0.6) is 0 Å². The van der Waals surface area contributed by atoms with Gasteiger partial charge in [-0.1, -0.05) is 28.1 Å². The van der Waals surface area contributed by atoms with E-state index in [2.05, 4.69) is 52.9 Å². The van der Waals surface area contributed by atoms with Crippen LogP contribution in [0.2, 0.25) is 0 Å². The number of rotatable bonds is 6. The van der Waals surface area contributed by atoms with E-state index in [-0.39, 0.29) is 6.04 Å². The predicted octanol–water partition coefficient (Wildman–Crippen LogP) is 3.07. The second-order valence-electron chi connectivity index (χ2n) is 4.54. The lowest BCUT2D eigenvalue weighted by atomic mass is 10.0. The van der Waals surface area contributed by atoms with Crippen LogP contribution in [-0.4, -0.2) is 24.0 Å². The topological polar surface area (TPSA) is 53.0 Å². The zero-order valence-corrected chi connectivity index (χ0v) is 12.5. The number of halogens is 1. The van der Waals surface area contributed by atoms with Crippen molar-refractivity contribution in [2.75, 3.05) is 13.1 Å². The molecule has 0 heterocycles. The number of hydrogen-bond donors (Lipinski definition) is 1. The summed E-state index contributed by atoms with van der Waals surface area (Å²) in [4.78, 5) is 2.28. The first-order valence-corrected chi connectivity index (χ1v) is 6.97. The molecule has 0 saturated heterocycles. The summed E-state index contributed by atoms with van der Waals surface area (Å²) < 4.78 is 1.06. The Labute approximate surface area is 118 Å². The lowest BCUT2D eigenvalue weighted by Gasteiger charge is -2.34. The number of nitrogens with two attached hydrogens (primary N) is 1. The molecule has 0 bridgehead atoms. The molecular weight excluding hydrogens is 290 g/mol. The first-order valence-electron chi connectivity index (χ1n) is 6.18. The third-order valence-corrected chi connectivity index (χ3v) is 3.55. The number of benzene rings is 1. The molecule has 0 aliphatic rings. The van der Waals surface area contributed by atoms with E-state index in [0.717, 1.165) is 11.0 Å². The smallest absolute Gasteiger partial charge is 0.0635 e. The molecule has 0 radical (unpaired) electrons. The molecule has 1 aromatic rings. The summed E-state index contributed by atoms with van der Waals surface area (Å²) in [7, 11) is 0. The van der Waals surface area contributed by atoms with Gasteiger partial charge in [0.25, 0.3) is 0 Å². The SMILES string of the molecule is CC(C)N(CCC#N)C(CN)c1ccc(Br)cc1. The van der Waals surface area contributed by atoms with E-state index in [0.29, 0.717) is 19.0 Å². The molecule has 0 aliphatic heterocycles. The lowest BCUT2D eigenvalue weighted by molar-refractivity contribution is 0.161. The highest BCUT2D eigenvalue weighted by Crippen LogP contribution is 2.23. The molecule has 18 heavy (non-hydrogen) atoms. The highest BCUT2D eigenvalue weighted by Gasteiger charge is 2.21. The summed E-state index contributed by atoms with van der Waals surface area (Å²) in [5.41, 5.74) is 7.12. The summed E-state index contributed by atoms with van der Waals surface area (Å²) in [6, 6.07) is 11.0. The molecule has 4 heteroatoms. The fourth-order valence-corrected chi connectivity index (χ4v) is 2.37. The van der Waals surface area contributed by atoms with Crippen LogP contribution in [0.3, 0.4) is 0 Å². The average molecular weight is 310 g/mol. The van der Waals surface area contributed by atoms with Gasteiger partial charge in [-0.15, -0.1) is 0 Å². The van der Waals surface area contributed by atoms with E-state index in [4.69, 9.17) is 11.0 Å². The Balaban J connectivity index is 2.91. The molecule has 0 amide bonds. The fourth-order valence-electron chi connectivity index (χ4n) is 2.10. The van der Waals surface area contributed by atoms with Crippen molar-refractivity contribution in [3.8, 4) is 6.07 Å². The first-order chi connectivity index (χ1) is 8.60. The van der Waals surface area contributed by atoms with E-state index in [1.807, 2.05) is 12.1 Å². The maximum Gasteiger partial charge on any atom is 0.0635 e. The Bertz CT molecular complexity index is 394. The third-order valence-electron chi connectivity index (χ3n) is 3.02. The van der Waals surface area contributed by atoms with Gasteiger partial charge in [0.2, 0.25) is 0 Å². The van der Waals surface area contributed by atoms with Crippen molar-refractivity contribution in [2.45, 2.75) is 32.4 Å². The summed E-state index contributed by atoms with van der Waals surface area (Å²) >= 11 is 3.44. The number of hydrogen-bond acceptors (Lipinski definition) is 3. The van der Waals surface area contributed by atoms with Crippen LogP contribution in [0.1, 0.15) is 31.9 Å². The van der Waals surface area contributed by atoms with Crippen molar-refractivity contribution < 1.29 is 0 Å². The molecule has 0 aliphatic carbocycles. The molecule has 0 saturated carbocycles. The highest BCUT2D eigenvalue weighted by molar-refractivity contribution is 9.10. The van der Waals surface area contributed by atoms with Crippen LogP contribution < -0.4 is 5.73 Å². The van der Waals surface area contributed by atoms with E-state index >= 15 is 0 Å². The van der Waals surface area contributed by atoms with E-state index in [9.17, 15) is 0 Å². The minimum Gasteiger partial charge on any atom is -0.329 e. The van der Waals surface area contributed by atoms with Crippen LogP contribution in [-0.2, 0) is 0 Å². The van der Waals surface area contributed by atoms with Gasteiger partial charge in [-0.2, -0.15) is 5.26 Å². The van der Waals surface area contributed by atoms with Crippen molar-refractivity contribution in [1.82, 2.24) is 4.90 Å². The van der Waals surface area contributed by atoms with Gasteiger partial charge in [0.1, 0.15) is 0 Å². The normalized spacial score (nSPS) is 12.7. The van der Waals surface area contributed by atoms with Gasteiger partial charge in [-0.05, 0) is 31.5 Å². The lowest BCUT2D eigenvalue weighted by Crippen LogP contribution is -2.39. The largest absolute Gasteiger partial charge is 0.329 e. The highest BCUT2D eigenvalue weighted by atomic mass is 79.9. The van der Waals surface area contributed by atoms with Crippen LogP contribution in [0.4, 0.5) is 0 Å². The van der Waals surface area contributed by atoms with Crippen LogP contribution >= 0.6 is 15.9 Å². The Hall–Kier alpha value is -0.890. The molecular formula is C14H20BrN3. The van der Waals surface area contributed by atoms with Crippen LogP contribution in [0.15, 0.2) is 28.7 Å². The van der Waals surface area contributed by atoms with Gasteiger partial charge in [0, 0.05) is 36.1 Å². The Morgan fingerprint density at radius 3 is 2.39 bits per heavy atom. The van der Waals surface area contributed by atoms with Crippen molar-refractivity contribution in [3.05, 3.63) is 34.3 Å². The molecule has 1 atom stereocenters. The van der Waals surface area contributed by atoms with E-state index < -0.39 is 0 Å². The van der Waals surface area contributed by atoms with Gasteiger partial charge in [-0.25, -0.2) is 0 Å². The minimum absolute atomic E-state index is 0.173. The quantitative estimate of drug-likeness (QED) is 0.878. The Morgan fingerprint density at radius 1 is 1.33 bits per heavy atom. The van der Waals surface area contributed by atoms with Crippen LogP contribution in [0, 0.1) is 11.3 Å². The summed E-state index contributed by atoms with van der Waals surface area (Å²) in [6.07, 6.45) is 0.533. The second-order valence-corrected chi connectivity index (χ2v) is 5.46. The minimum atomic E-state index is 0.173. The maximum absolute atomic E-state index is 8.74. The summed E-state index contributed by atoms with van der Waals surface area (Å²) in [6.45, 7) is 5.59. The molecule has 1 unspecified atom stereocenters. The molecule has 2 N–H and O–H groups in total. The molecule has 3 nitrogen and oxygen atoms in total.